The molecule has 0 aromatic heterocycles. The van der Waals surface area contributed by atoms with Crippen LogP contribution >= 0.6 is 11.6 Å². The van der Waals surface area contributed by atoms with Crippen LogP contribution in [0.25, 0.3) is 0 Å². The van der Waals surface area contributed by atoms with Crippen LogP contribution < -0.4 is 14.8 Å². The highest BCUT2D eigenvalue weighted by Crippen LogP contribution is 2.33. The third kappa shape index (κ3) is 3.85. The van der Waals surface area contributed by atoms with Gasteiger partial charge in [0.15, 0.2) is 11.5 Å². The Morgan fingerprint density at radius 3 is 2.93 bits per heavy atom. The molecule has 0 radical (unpaired) electrons. The van der Waals surface area contributed by atoms with E-state index in [4.69, 9.17) is 25.9 Å². The molecule has 0 saturated carbocycles. The molecular weight excluding hydrogens is 368 g/mol. The summed E-state index contributed by atoms with van der Waals surface area (Å²) < 4.78 is 10.7. The Kier molecular flexibility index (Phi) is 4.90. The first kappa shape index (κ1) is 17.7. The smallest absolute Gasteiger partial charge is 0.264 e. The first-order chi connectivity index (χ1) is 13.1. The van der Waals surface area contributed by atoms with Gasteiger partial charge in [0.05, 0.1) is 11.8 Å². The molecule has 6 nitrogen and oxygen atoms in total. The van der Waals surface area contributed by atoms with E-state index in [9.17, 15) is 4.79 Å². The van der Waals surface area contributed by atoms with Crippen LogP contribution in [-0.4, -0.2) is 24.5 Å². The van der Waals surface area contributed by atoms with Crippen LogP contribution in [0.2, 0.25) is 5.02 Å². The molecule has 0 saturated heterocycles. The number of benzene rings is 2. The van der Waals surface area contributed by atoms with E-state index >= 15 is 0 Å². The number of halogens is 1. The predicted molar refractivity (Wildman–Crippen MR) is 101 cm³/mol. The standard InChI is InChI=1S/C20H19ClN2O4/c1-12(15-4-2-3-5-16(15)21)22-20(24)19-10-14(23-27-19)8-13-6-7-17-18(9-13)26-11-25-17/h2-7,9,12,19H,8,10-11H2,1H3,(H,22,24)/t12-,19-/m1/s1. The van der Waals surface area contributed by atoms with Crippen molar-refractivity contribution in [2.24, 2.45) is 5.16 Å². The average Bonchev–Trinajstić information content (AvgIpc) is 3.31. The maximum Gasteiger partial charge on any atom is 0.264 e. The Bertz CT molecular complexity index is 899. The van der Waals surface area contributed by atoms with Crippen molar-refractivity contribution in [2.45, 2.75) is 31.9 Å². The van der Waals surface area contributed by atoms with E-state index in [1.165, 1.54) is 0 Å². The van der Waals surface area contributed by atoms with Crippen LogP contribution in [-0.2, 0) is 16.1 Å². The Hall–Kier alpha value is -2.73. The highest BCUT2D eigenvalue weighted by atomic mass is 35.5. The van der Waals surface area contributed by atoms with E-state index in [2.05, 4.69) is 10.5 Å². The zero-order chi connectivity index (χ0) is 18.8. The van der Waals surface area contributed by atoms with Gasteiger partial charge in [0.25, 0.3) is 5.91 Å². The van der Waals surface area contributed by atoms with Crippen molar-refractivity contribution in [3.63, 3.8) is 0 Å². The molecule has 2 atom stereocenters. The molecule has 140 valence electrons. The summed E-state index contributed by atoms with van der Waals surface area (Å²) in [4.78, 5) is 17.8. The minimum atomic E-state index is -0.626. The second-order valence-electron chi connectivity index (χ2n) is 6.57. The van der Waals surface area contributed by atoms with Gasteiger partial charge in [0.2, 0.25) is 12.9 Å². The molecule has 0 bridgehead atoms. The Balaban J connectivity index is 1.33. The van der Waals surface area contributed by atoms with Crippen molar-refractivity contribution in [2.75, 3.05) is 6.79 Å². The fourth-order valence-electron chi connectivity index (χ4n) is 3.17. The SMILES string of the molecule is C[C@@H](NC(=O)[C@H]1CC(Cc2ccc3c(c2)OCO3)=NO1)c1ccccc1Cl. The summed E-state index contributed by atoms with van der Waals surface area (Å²) in [7, 11) is 0. The van der Waals surface area contributed by atoms with E-state index < -0.39 is 6.10 Å². The molecule has 0 unspecified atom stereocenters. The number of carbonyl (C=O) groups excluding carboxylic acids is 1. The number of nitrogens with one attached hydrogen (secondary N) is 1. The van der Waals surface area contributed by atoms with Crippen LogP contribution in [0, 0.1) is 0 Å². The molecule has 2 aromatic carbocycles. The minimum absolute atomic E-state index is 0.202. The van der Waals surface area contributed by atoms with Gasteiger partial charge in [0.1, 0.15) is 0 Å². The molecule has 0 aliphatic carbocycles. The Morgan fingerprint density at radius 1 is 1.26 bits per heavy atom. The maximum absolute atomic E-state index is 12.5. The Labute approximate surface area is 162 Å². The van der Waals surface area contributed by atoms with E-state index in [0.717, 1.165) is 28.3 Å². The molecule has 27 heavy (non-hydrogen) atoms. The molecule has 1 N–H and O–H groups in total. The van der Waals surface area contributed by atoms with Gasteiger partial charge >= 0.3 is 0 Å². The fourth-order valence-corrected chi connectivity index (χ4v) is 3.47. The van der Waals surface area contributed by atoms with Crippen molar-refractivity contribution >= 4 is 23.2 Å². The van der Waals surface area contributed by atoms with Gasteiger partial charge in [0, 0.05) is 17.9 Å². The van der Waals surface area contributed by atoms with Crippen molar-refractivity contribution in [1.82, 2.24) is 5.32 Å². The summed E-state index contributed by atoms with van der Waals surface area (Å²) in [6.07, 6.45) is 0.426. The summed E-state index contributed by atoms with van der Waals surface area (Å²) in [5.74, 6) is 1.27. The van der Waals surface area contributed by atoms with Crippen LogP contribution in [0.15, 0.2) is 47.6 Å². The summed E-state index contributed by atoms with van der Waals surface area (Å²) in [6.45, 7) is 2.14. The van der Waals surface area contributed by atoms with Crippen molar-refractivity contribution < 1.29 is 19.1 Å². The molecule has 0 spiro atoms. The fraction of sp³-hybridized carbons (Fsp3) is 0.300. The van der Waals surface area contributed by atoms with Gasteiger partial charge in [-0.1, -0.05) is 41.0 Å². The lowest BCUT2D eigenvalue weighted by Gasteiger charge is -2.17. The highest BCUT2D eigenvalue weighted by Gasteiger charge is 2.29. The van der Waals surface area contributed by atoms with Crippen molar-refractivity contribution in [3.8, 4) is 11.5 Å². The number of carbonyl (C=O) groups is 1. The number of hydrogen-bond donors (Lipinski definition) is 1. The summed E-state index contributed by atoms with van der Waals surface area (Å²) >= 11 is 6.19. The highest BCUT2D eigenvalue weighted by molar-refractivity contribution is 6.31. The maximum atomic E-state index is 12.5. The Morgan fingerprint density at radius 2 is 2.07 bits per heavy atom. The minimum Gasteiger partial charge on any atom is -0.454 e. The predicted octanol–water partition coefficient (Wildman–Crippen LogP) is 3.63. The number of ether oxygens (including phenoxy) is 2. The number of amides is 1. The third-order valence-electron chi connectivity index (χ3n) is 4.60. The number of hydrogen-bond acceptors (Lipinski definition) is 5. The summed E-state index contributed by atoms with van der Waals surface area (Å²) in [5.41, 5.74) is 2.72. The quantitative estimate of drug-likeness (QED) is 0.851. The number of fused-ring (bicyclic) bond motifs is 1. The third-order valence-corrected chi connectivity index (χ3v) is 4.94. The molecule has 0 fully saturated rings. The van der Waals surface area contributed by atoms with Gasteiger partial charge in [-0.05, 0) is 36.2 Å². The largest absolute Gasteiger partial charge is 0.454 e. The van der Waals surface area contributed by atoms with Gasteiger partial charge in [-0.2, -0.15) is 0 Å². The van der Waals surface area contributed by atoms with Crippen molar-refractivity contribution in [3.05, 3.63) is 58.6 Å². The lowest BCUT2D eigenvalue weighted by molar-refractivity contribution is -0.131. The number of nitrogens with zero attached hydrogens (tertiary/aromatic N) is 1. The summed E-state index contributed by atoms with van der Waals surface area (Å²) in [5, 5.41) is 7.64. The zero-order valence-corrected chi connectivity index (χ0v) is 15.5. The summed E-state index contributed by atoms with van der Waals surface area (Å²) in [6, 6.07) is 13.0. The molecule has 2 aromatic rings. The monoisotopic (exact) mass is 386 g/mol. The molecule has 2 heterocycles. The molecule has 4 rings (SSSR count). The number of rotatable bonds is 5. The second kappa shape index (κ2) is 7.48. The van der Waals surface area contributed by atoms with E-state index in [0.29, 0.717) is 17.9 Å². The zero-order valence-electron chi connectivity index (χ0n) is 14.8. The first-order valence-electron chi connectivity index (χ1n) is 8.75. The topological polar surface area (TPSA) is 69.2 Å². The number of oxime groups is 1. The lowest BCUT2D eigenvalue weighted by Crippen LogP contribution is -2.36. The van der Waals surface area contributed by atoms with E-state index in [1.54, 1.807) is 6.07 Å². The molecule has 1 amide bonds. The van der Waals surface area contributed by atoms with Gasteiger partial charge in [-0.3, -0.25) is 4.79 Å². The van der Waals surface area contributed by atoms with Gasteiger partial charge < -0.3 is 19.6 Å². The van der Waals surface area contributed by atoms with E-state index in [-0.39, 0.29) is 18.7 Å². The molecule has 2 aliphatic heterocycles. The normalized spacial score (nSPS) is 18.6. The molecular formula is C20H19ClN2O4. The van der Waals surface area contributed by atoms with Gasteiger partial charge in [-0.15, -0.1) is 0 Å². The van der Waals surface area contributed by atoms with Crippen LogP contribution in [0.1, 0.15) is 30.5 Å². The first-order valence-corrected chi connectivity index (χ1v) is 9.13. The molecule has 7 heteroatoms. The second-order valence-corrected chi connectivity index (χ2v) is 6.98. The van der Waals surface area contributed by atoms with Gasteiger partial charge in [-0.25, -0.2) is 0 Å². The lowest BCUT2D eigenvalue weighted by atomic mass is 10.0. The van der Waals surface area contributed by atoms with Crippen LogP contribution in [0.5, 0.6) is 11.5 Å². The van der Waals surface area contributed by atoms with Crippen LogP contribution in [0.3, 0.4) is 0 Å². The van der Waals surface area contributed by atoms with Crippen LogP contribution in [0.4, 0.5) is 0 Å². The van der Waals surface area contributed by atoms with E-state index in [1.807, 2.05) is 43.3 Å². The molecule has 2 aliphatic rings. The average molecular weight is 387 g/mol. The van der Waals surface area contributed by atoms with Crippen molar-refractivity contribution in [1.29, 1.82) is 0 Å².